The Morgan fingerprint density at radius 3 is 2.21 bits per heavy atom. The van der Waals surface area contributed by atoms with E-state index in [-0.39, 0.29) is 22.7 Å². The Morgan fingerprint density at radius 1 is 1.03 bits per heavy atom. The standard InChI is InChI=1S/C24H25FN2O5S/c1-16-22(17(2)26(3)23(16)24(29)32-4)21(28)15-27(14-18-10-12-19(25)13-11-18)33(30,31)20-8-6-5-7-9-20/h5-13H,14-15H2,1-4H3. The Bertz CT molecular complexity index is 1280. The van der Waals surface area contributed by atoms with Crippen molar-refractivity contribution >= 4 is 21.8 Å². The van der Waals surface area contributed by atoms with Gasteiger partial charge in [-0.25, -0.2) is 17.6 Å². The molecule has 1 aromatic heterocycles. The second kappa shape index (κ2) is 9.68. The predicted molar refractivity (Wildman–Crippen MR) is 121 cm³/mol. The Balaban J connectivity index is 2.03. The SMILES string of the molecule is COC(=O)c1c(C)c(C(=O)CN(Cc2ccc(F)cc2)S(=O)(=O)c2ccccc2)c(C)n1C. The van der Waals surface area contributed by atoms with Gasteiger partial charge in [-0.2, -0.15) is 4.31 Å². The highest BCUT2D eigenvalue weighted by molar-refractivity contribution is 7.89. The third-order valence-corrected chi connectivity index (χ3v) is 7.37. The maximum Gasteiger partial charge on any atom is 0.354 e. The lowest BCUT2D eigenvalue weighted by Gasteiger charge is -2.22. The van der Waals surface area contributed by atoms with Crippen LogP contribution in [0.1, 0.15) is 37.7 Å². The molecule has 3 rings (SSSR count). The van der Waals surface area contributed by atoms with Gasteiger partial charge in [0.25, 0.3) is 0 Å². The molecule has 0 aliphatic carbocycles. The molecule has 0 saturated carbocycles. The van der Waals surface area contributed by atoms with E-state index in [0.717, 1.165) is 4.31 Å². The lowest BCUT2D eigenvalue weighted by Crippen LogP contribution is -2.35. The molecule has 0 aliphatic heterocycles. The average molecular weight is 473 g/mol. The van der Waals surface area contributed by atoms with Crippen molar-refractivity contribution in [2.75, 3.05) is 13.7 Å². The zero-order chi connectivity index (χ0) is 24.3. The number of rotatable bonds is 8. The van der Waals surface area contributed by atoms with E-state index < -0.39 is 34.1 Å². The molecule has 0 saturated heterocycles. The van der Waals surface area contributed by atoms with Crippen molar-refractivity contribution in [3.05, 3.63) is 88.5 Å². The molecule has 0 fully saturated rings. The van der Waals surface area contributed by atoms with Gasteiger partial charge in [-0.1, -0.05) is 30.3 Å². The van der Waals surface area contributed by atoms with E-state index in [2.05, 4.69) is 0 Å². The number of carbonyl (C=O) groups excluding carboxylic acids is 2. The summed E-state index contributed by atoms with van der Waals surface area (Å²) in [5, 5.41) is 0. The van der Waals surface area contributed by atoms with Gasteiger partial charge in [-0.3, -0.25) is 4.79 Å². The summed E-state index contributed by atoms with van der Waals surface area (Å²) >= 11 is 0. The molecule has 0 amide bonds. The number of ether oxygens (including phenoxy) is 1. The number of methoxy groups -OCH3 is 1. The van der Waals surface area contributed by atoms with Gasteiger partial charge in [-0.15, -0.1) is 0 Å². The van der Waals surface area contributed by atoms with E-state index in [1.165, 1.54) is 43.5 Å². The normalized spacial score (nSPS) is 11.6. The molecule has 174 valence electrons. The van der Waals surface area contributed by atoms with Gasteiger partial charge in [-0.05, 0) is 49.2 Å². The van der Waals surface area contributed by atoms with Gasteiger partial charge in [0.2, 0.25) is 10.0 Å². The van der Waals surface area contributed by atoms with E-state index in [4.69, 9.17) is 4.74 Å². The maximum absolute atomic E-state index is 13.4. The highest BCUT2D eigenvalue weighted by atomic mass is 32.2. The first-order valence-corrected chi connectivity index (χ1v) is 11.6. The van der Waals surface area contributed by atoms with Crippen LogP contribution < -0.4 is 0 Å². The number of nitrogens with zero attached hydrogens (tertiary/aromatic N) is 2. The molecular formula is C24H25FN2O5S. The molecule has 0 atom stereocenters. The third kappa shape index (κ3) is 4.89. The molecule has 0 spiro atoms. The Kier molecular flexibility index (Phi) is 7.14. The lowest BCUT2D eigenvalue weighted by atomic mass is 10.1. The number of halogens is 1. The molecule has 7 nitrogen and oxygen atoms in total. The monoisotopic (exact) mass is 472 g/mol. The number of hydrogen-bond acceptors (Lipinski definition) is 5. The highest BCUT2D eigenvalue weighted by Gasteiger charge is 2.31. The van der Waals surface area contributed by atoms with E-state index in [1.807, 2.05) is 0 Å². The van der Waals surface area contributed by atoms with Crippen molar-refractivity contribution < 1.29 is 27.1 Å². The minimum atomic E-state index is -4.04. The van der Waals surface area contributed by atoms with Crippen molar-refractivity contribution in [3.8, 4) is 0 Å². The summed E-state index contributed by atoms with van der Waals surface area (Å²) in [6, 6.07) is 13.2. The lowest BCUT2D eigenvalue weighted by molar-refractivity contribution is 0.0588. The molecule has 0 radical (unpaired) electrons. The number of aromatic nitrogens is 1. The van der Waals surface area contributed by atoms with Crippen LogP contribution in [0.25, 0.3) is 0 Å². The van der Waals surface area contributed by atoms with Gasteiger partial charge in [0.1, 0.15) is 11.5 Å². The summed E-state index contributed by atoms with van der Waals surface area (Å²) in [4.78, 5) is 25.6. The minimum Gasteiger partial charge on any atom is -0.464 e. The van der Waals surface area contributed by atoms with Crippen LogP contribution in [0, 0.1) is 19.7 Å². The Labute approximate surface area is 192 Å². The first kappa shape index (κ1) is 24.3. The number of hydrogen-bond donors (Lipinski definition) is 0. The van der Waals surface area contributed by atoms with Crippen LogP contribution in [-0.2, 0) is 28.4 Å². The van der Waals surface area contributed by atoms with Crippen molar-refractivity contribution in [1.29, 1.82) is 0 Å². The summed E-state index contributed by atoms with van der Waals surface area (Å²) in [5.74, 6) is -1.49. The van der Waals surface area contributed by atoms with Crippen LogP contribution in [0.5, 0.6) is 0 Å². The topological polar surface area (TPSA) is 85.7 Å². The summed E-state index contributed by atoms with van der Waals surface area (Å²) in [5.41, 5.74) is 1.97. The van der Waals surface area contributed by atoms with Crippen molar-refractivity contribution in [1.82, 2.24) is 8.87 Å². The third-order valence-electron chi connectivity index (χ3n) is 5.56. The summed E-state index contributed by atoms with van der Waals surface area (Å²) in [6.07, 6.45) is 0. The van der Waals surface area contributed by atoms with Crippen LogP contribution in [0.15, 0.2) is 59.5 Å². The molecule has 2 aromatic carbocycles. The highest BCUT2D eigenvalue weighted by Crippen LogP contribution is 2.25. The van der Waals surface area contributed by atoms with Gasteiger partial charge < -0.3 is 9.30 Å². The average Bonchev–Trinajstić information content (AvgIpc) is 3.02. The van der Waals surface area contributed by atoms with Crippen LogP contribution in [-0.4, -0.2) is 42.7 Å². The van der Waals surface area contributed by atoms with E-state index in [1.54, 1.807) is 43.7 Å². The first-order chi connectivity index (χ1) is 15.6. The maximum atomic E-state index is 13.4. The van der Waals surface area contributed by atoms with Crippen LogP contribution in [0.3, 0.4) is 0 Å². The minimum absolute atomic E-state index is 0.0386. The van der Waals surface area contributed by atoms with Gasteiger partial charge >= 0.3 is 5.97 Å². The summed E-state index contributed by atoms with van der Waals surface area (Å²) in [6.45, 7) is 2.73. The molecule has 0 bridgehead atoms. The van der Waals surface area contributed by atoms with Gasteiger partial charge in [0.15, 0.2) is 5.78 Å². The predicted octanol–water partition coefficient (Wildman–Crippen LogP) is 3.64. The van der Waals surface area contributed by atoms with E-state index >= 15 is 0 Å². The molecule has 0 unspecified atom stereocenters. The fourth-order valence-corrected chi connectivity index (χ4v) is 5.18. The number of Topliss-reactive ketones (excluding diaryl/α,β-unsaturated/α-hetero) is 1. The second-order valence-electron chi connectivity index (χ2n) is 7.62. The Morgan fingerprint density at radius 2 is 1.64 bits per heavy atom. The molecular weight excluding hydrogens is 447 g/mol. The van der Waals surface area contributed by atoms with Crippen LogP contribution in [0.4, 0.5) is 4.39 Å². The molecule has 0 N–H and O–H groups in total. The van der Waals surface area contributed by atoms with Crippen molar-refractivity contribution in [2.24, 2.45) is 7.05 Å². The number of ketones is 1. The smallest absolute Gasteiger partial charge is 0.354 e. The number of esters is 1. The largest absolute Gasteiger partial charge is 0.464 e. The van der Waals surface area contributed by atoms with Crippen LogP contribution >= 0.6 is 0 Å². The molecule has 3 aromatic rings. The number of benzene rings is 2. The number of sulfonamides is 1. The summed E-state index contributed by atoms with van der Waals surface area (Å²) in [7, 11) is -1.15. The fraction of sp³-hybridized carbons (Fsp3) is 0.250. The van der Waals surface area contributed by atoms with Gasteiger partial charge in [0, 0.05) is 24.8 Å². The van der Waals surface area contributed by atoms with Crippen molar-refractivity contribution in [2.45, 2.75) is 25.3 Å². The molecule has 9 heteroatoms. The van der Waals surface area contributed by atoms with Crippen molar-refractivity contribution in [3.63, 3.8) is 0 Å². The zero-order valence-electron chi connectivity index (χ0n) is 18.8. The molecule has 1 heterocycles. The molecule has 33 heavy (non-hydrogen) atoms. The van der Waals surface area contributed by atoms with E-state index in [9.17, 15) is 22.4 Å². The van der Waals surface area contributed by atoms with Crippen LogP contribution in [0.2, 0.25) is 0 Å². The Hall–Kier alpha value is -3.30. The second-order valence-corrected chi connectivity index (χ2v) is 9.56. The fourth-order valence-electron chi connectivity index (χ4n) is 3.77. The quantitative estimate of drug-likeness (QED) is 0.369. The van der Waals surface area contributed by atoms with Gasteiger partial charge in [0.05, 0.1) is 18.6 Å². The zero-order valence-corrected chi connectivity index (χ0v) is 19.6. The summed E-state index contributed by atoms with van der Waals surface area (Å²) < 4.78 is 47.6. The van der Waals surface area contributed by atoms with E-state index in [0.29, 0.717) is 16.8 Å². The first-order valence-electron chi connectivity index (χ1n) is 10.1. The number of carbonyl (C=O) groups is 2. The molecule has 0 aliphatic rings.